The Morgan fingerprint density at radius 2 is 1.94 bits per heavy atom. The number of benzene rings is 1. The third-order valence-corrected chi connectivity index (χ3v) is 6.28. The fraction of sp³-hybridized carbons (Fsp3) is 0.304. The minimum atomic E-state index is -0.187. The molecule has 4 aromatic heterocycles. The third-order valence-electron chi connectivity index (χ3n) is 6.28. The minimum Gasteiger partial charge on any atom is -0.445 e. The number of hydrogen-bond donors (Lipinski definition) is 0. The van der Waals surface area contributed by atoms with E-state index in [0.29, 0.717) is 22.9 Å². The van der Waals surface area contributed by atoms with Gasteiger partial charge in [0.1, 0.15) is 19.1 Å². The highest BCUT2D eigenvalue weighted by atomic mass is 16.5. The van der Waals surface area contributed by atoms with Crippen molar-refractivity contribution in [1.29, 1.82) is 0 Å². The number of nitrogens with zero attached hydrogens (tertiary/aromatic N) is 8. The summed E-state index contributed by atoms with van der Waals surface area (Å²) in [5, 5.41) is 3.48. The van der Waals surface area contributed by atoms with Crippen LogP contribution in [-0.2, 0) is 13.6 Å². The second kappa shape index (κ2) is 8.25. The summed E-state index contributed by atoms with van der Waals surface area (Å²) in [7, 11) is 1.75. The second-order valence-corrected chi connectivity index (χ2v) is 8.59. The largest absolute Gasteiger partial charge is 0.445 e. The first-order valence-electron chi connectivity index (χ1n) is 11.0. The lowest BCUT2D eigenvalue weighted by molar-refractivity contribution is 0.368. The maximum atomic E-state index is 12.1. The fourth-order valence-corrected chi connectivity index (χ4v) is 4.41. The second-order valence-electron chi connectivity index (χ2n) is 8.59. The molecule has 5 aromatic rings. The summed E-state index contributed by atoms with van der Waals surface area (Å²) >= 11 is 0. The number of aryl methyl sites for hydroxylation is 1. The van der Waals surface area contributed by atoms with E-state index in [9.17, 15) is 4.79 Å². The van der Waals surface area contributed by atoms with Gasteiger partial charge in [0, 0.05) is 31.4 Å². The lowest BCUT2D eigenvalue weighted by Crippen LogP contribution is -2.22. The maximum absolute atomic E-state index is 12.1. The number of aromatic nitrogens is 7. The van der Waals surface area contributed by atoms with E-state index in [0.717, 1.165) is 17.4 Å². The summed E-state index contributed by atoms with van der Waals surface area (Å²) in [6.07, 6.45) is 9.00. The average Bonchev–Trinajstić information content (AvgIpc) is 3.44. The lowest BCUT2D eigenvalue weighted by atomic mass is 10.2. The lowest BCUT2D eigenvalue weighted by Gasteiger charge is -2.20. The standard InChI is InChI=1S/C14H14N2O.C9H8N6O2/c1-2-10(14-15-4-5-17-14)7-13(3-1)16-8-11-6-12(11)9-16;1-14-4-11-8-7(14)9(16)15(5-12-8)2-6-10-3-13-17-6/h1-5,7,11-12H,6,8-9H2;3-5H,2H2,1H3/t11-,12+;. The average molecular weight is 458 g/mol. The quantitative estimate of drug-likeness (QED) is 0.399. The summed E-state index contributed by atoms with van der Waals surface area (Å²) in [4.78, 5) is 30.7. The molecule has 0 bridgehead atoms. The topological polar surface area (TPSA) is 121 Å². The molecule has 172 valence electrons. The molecule has 0 radical (unpaired) electrons. The van der Waals surface area contributed by atoms with Crippen molar-refractivity contribution in [2.45, 2.75) is 13.0 Å². The van der Waals surface area contributed by atoms with Crippen LogP contribution in [0.25, 0.3) is 22.6 Å². The van der Waals surface area contributed by atoms with Gasteiger partial charge in [-0.25, -0.2) is 15.0 Å². The molecule has 2 fully saturated rings. The van der Waals surface area contributed by atoms with E-state index in [1.165, 1.54) is 42.4 Å². The highest BCUT2D eigenvalue weighted by Gasteiger charge is 2.45. The minimum absolute atomic E-state index is 0.187. The molecule has 7 rings (SSSR count). The molecule has 11 heteroatoms. The van der Waals surface area contributed by atoms with Gasteiger partial charge in [0.25, 0.3) is 5.56 Å². The Bertz CT molecular complexity index is 1460. The number of anilines is 1. The van der Waals surface area contributed by atoms with E-state index in [1.807, 2.05) is 6.07 Å². The molecule has 5 heterocycles. The molecular weight excluding hydrogens is 436 g/mol. The van der Waals surface area contributed by atoms with Gasteiger partial charge in [-0.3, -0.25) is 9.36 Å². The summed E-state index contributed by atoms with van der Waals surface area (Å²) in [6.45, 7) is 2.65. The number of piperidine rings is 1. The number of fused-ring (bicyclic) bond motifs is 2. The van der Waals surface area contributed by atoms with Gasteiger partial charge in [-0.15, -0.1) is 0 Å². The molecule has 0 spiro atoms. The Morgan fingerprint density at radius 1 is 1.09 bits per heavy atom. The number of imidazole rings is 1. The molecular formula is C23H22N8O3. The Balaban J connectivity index is 0.000000128. The zero-order valence-corrected chi connectivity index (χ0v) is 18.5. The van der Waals surface area contributed by atoms with Crippen molar-refractivity contribution in [3.8, 4) is 11.5 Å². The molecule has 2 aliphatic rings. The Morgan fingerprint density at radius 3 is 2.71 bits per heavy atom. The fourth-order valence-electron chi connectivity index (χ4n) is 4.41. The highest BCUT2D eigenvalue weighted by Crippen LogP contribution is 2.46. The van der Waals surface area contributed by atoms with Gasteiger partial charge in [-0.05, 0) is 36.5 Å². The number of rotatable bonds is 4. The Kier molecular flexibility index (Phi) is 4.93. The van der Waals surface area contributed by atoms with Crippen LogP contribution in [-0.4, -0.2) is 47.3 Å². The van der Waals surface area contributed by atoms with Gasteiger partial charge in [0.2, 0.25) is 11.8 Å². The molecule has 0 amide bonds. The van der Waals surface area contributed by atoms with Crippen molar-refractivity contribution in [2.24, 2.45) is 18.9 Å². The van der Waals surface area contributed by atoms with E-state index < -0.39 is 0 Å². The molecule has 2 atom stereocenters. The summed E-state index contributed by atoms with van der Waals surface area (Å²) in [5.41, 5.74) is 3.06. The van der Waals surface area contributed by atoms with E-state index in [2.05, 4.69) is 48.2 Å². The first-order chi connectivity index (χ1) is 16.7. The molecule has 1 aliphatic carbocycles. The van der Waals surface area contributed by atoms with Crippen LogP contribution in [0.5, 0.6) is 0 Å². The van der Waals surface area contributed by atoms with Crippen LogP contribution in [0.4, 0.5) is 5.69 Å². The predicted octanol–water partition coefficient (Wildman–Crippen LogP) is 2.36. The van der Waals surface area contributed by atoms with Crippen molar-refractivity contribution < 1.29 is 8.94 Å². The Labute approximate surface area is 193 Å². The molecule has 1 saturated heterocycles. The number of oxazole rings is 1. The van der Waals surface area contributed by atoms with Crippen molar-refractivity contribution >= 4 is 16.9 Å². The highest BCUT2D eigenvalue weighted by molar-refractivity contribution is 5.68. The summed E-state index contributed by atoms with van der Waals surface area (Å²) in [5.74, 6) is 2.98. The van der Waals surface area contributed by atoms with Crippen LogP contribution in [0.15, 0.2) is 69.4 Å². The predicted molar refractivity (Wildman–Crippen MR) is 122 cm³/mol. The summed E-state index contributed by atoms with van der Waals surface area (Å²) in [6, 6.07) is 8.48. The van der Waals surface area contributed by atoms with Crippen LogP contribution in [0.2, 0.25) is 0 Å². The van der Waals surface area contributed by atoms with E-state index >= 15 is 0 Å². The summed E-state index contributed by atoms with van der Waals surface area (Å²) < 4.78 is 13.2. The van der Waals surface area contributed by atoms with Crippen molar-refractivity contribution in [1.82, 2.24) is 34.2 Å². The van der Waals surface area contributed by atoms with E-state index in [1.54, 1.807) is 30.4 Å². The van der Waals surface area contributed by atoms with E-state index in [-0.39, 0.29) is 12.1 Å². The van der Waals surface area contributed by atoms with Gasteiger partial charge in [0.15, 0.2) is 17.5 Å². The van der Waals surface area contributed by atoms with Gasteiger partial charge >= 0.3 is 0 Å². The van der Waals surface area contributed by atoms with Gasteiger partial charge in [-0.1, -0.05) is 11.2 Å². The smallest absolute Gasteiger partial charge is 0.280 e. The molecule has 1 aliphatic heterocycles. The zero-order valence-electron chi connectivity index (χ0n) is 18.5. The van der Waals surface area contributed by atoms with Crippen LogP contribution in [0.3, 0.4) is 0 Å². The van der Waals surface area contributed by atoms with Gasteiger partial charge < -0.3 is 18.4 Å². The van der Waals surface area contributed by atoms with Gasteiger partial charge in [0.05, 0.1) is 12.5 Å². The van der Waals surface area contributed by atoms with Crippen LogP contribution in [0.1, 0.15) is 12.3 Å². The first-order valence-corrected chi connectivity index (χ1v) is 11.0. The Hall–Kier alpha value is -4.28. The van der Waals surface area contributed by atoms with Crippen LogP contribution >= 0.6 is 0 Å². The maximum Gasteiger partial charge on any atom is 0.280 e. The van der Waals surface area contributed by atoms with Crippen molar-refractivity contribution in [2.75, 3.05) is 18.0 Å². The molecule has 1 saturated carbocycles. The molecule has 1 aromatic carbocycles. The molecule has 0 N–H and O–H groups in total. The van der Waals surface area contributed by atoms with Crippen LogP contribution < -0.4 is 10.5 Å². The van der Waals surface area contributed by atoms with Crippen LogP contribution in [0, 0.1) is 11.8 Å². The third kappa shape index (κ3) is 3.85. The molecule has 34 heavy (non-hydrogen) atoms. The molecule has 0 unspecified atom stereocenters. The van der Waals surface area contributed by atoms with Gasteiger partial charge in [-0.2, -0.15) is 4.98 Å². The monoisotopic (exact) mass is 458 g/mol. The van der Waals surface area contributed by atoms with E-state index in [4.69, 9.17) is 8.94 Å². The van der Waals surface area contributed by atoms with Crippen molar-refractivity contribution in [3.63, 3.8) is 0 Å². The van der Waals surface area contributed by atoms with Crippen molar-refractivity contribution in [3.05, 3.63) is 72.0 Å². The number of hydrogen-bond acceptors (Lipinski definition) is 9. The first kappa shape index (κ1) is 20.3. The normalized spacial score (nSPS) is 18.6. The molecule has 11 nitrogen and oxygen atoms in total. The zero-order chi connectivity index (χ0) is 23.1. The SMILES string of the molecule is Cn1cnc2ncn(Cc3ncno3)c(=O)c21.c1cc(-c2ncco2)cc(N2C[C@H]3C[C@H]3C2)c1.